The summed E-state index contributed by atoms with van der Waals surface area (Å²) in [5.41, 5.74) is 0.740. The van der Waals surface area contributed by atoms with Gasteiger partial charge < -0.3 is 15.2 Å². The first-order valence-electron chi connectivity index (χ1n) is 4.64. The van der Waals surface area contributed by atoms with Gasteiger partial charge >= 0.3 is 0 Å². The molecule has 1 aromatic carbocycles. The highest BCUT2D eigenvalue weighted by Gasteiger charge is 2.09. The van der Waals surface area contributed by atoms with Crippen LogP contribution in [0.25, 0.3) is 0 Å². The number of ether oxygens (including phenoxy) is 1. The van der Waals surface area contributed by atoms with Crippen LogP contribution in [0.2, 0.25) is 0 Å². The number of hydrogen-bond donors (Lipinski definition) is 2. The van der Waals surface area contributed by atoms with Gasteiger partial charge in [-0.15, -0.1) is 0 Å². The highest BCUT2D eigenvalue weighted by Crippen LogP contribution is 2.33. The van der Waals surface area contributed by atoms with E-state index >= 15 is 0 Å². The second-order valence-electron chi connectivity index (χ2n) is 3.24. The minimum absolute atomic E-state index is 0.137. The second kappa shape index (κ2) is 6.13. The lowest BCUT2D eigenvalue weighted by atomic mass is 10.2. The fourth-order valence-electron chi connectivity index (χ4n) is 1.25. The van der Waals surface area contributed by atoms with Crippen LogP contribution in [0.5, 0.6) is 11.5 Å². The molecule has 3 nitrogen and oxygen atoms in total. The van der Waals surface area contributed by atoms with Crippen molar-refractivity contribution < 1.29 is 9.84 Å². The quantitative estimate of drug-likeness (QED) is 0.878. The van der Waals surface area contributed by atoms with Crippen molar-refractivity contribution in [3.63, 3.8) is 0 Å². The number of benzene rings is 1. The zero-order valence-corrected chi connectivity index (χ0v) is 11.2. The third-order valence-corrected chi connectivity index (χ3v) is 2.56. The lowest BCUT2D eigenvalue weighted by Gasteiger charge is -2.10. The first-order valence-corrected chi connectivity index (χ1v) is 5.81. The van der Waals surface area contributed by atoms with E-state index in [0.29, 0.717) is 23.9 Å². The second-order valence-corrected chi connectivity index (χ2v) is 4.69. The Labute approximate surface area is 108 Å². The maximum atomic E-state index is 9.84. The van der Waals surface area contributed by atoms with E-state index in [2.05, 4.69) is 27.8 Å². The highest BCUT2D eigenvalue weighted by atomic mass is 79.9. The van der Waals surface area contributed by atoms with Gasteiger partial charge in [0, 0.05) is 28.2 Å². The molecular formula is C11H13BrClNO2. The zero-order valence-electron chi connectivity index (χ0n) is 8.89. The van der Waals surface area contributed by atoms with E-state index in [4.69, 9.17) is 16.3 Å². The Kier molecular flexibility index (Phi) is 5.12. The zero-order chi connectivity index (χ0) is 12.1. The van der Waals surface area contributed by atoms with Crippen molar-refractivity contribution in [3.8, 4) is 11.5 Å². The average molecular weight is 307 g/mol. The van der Waals surface area contributed by atoms with Crippen LogP contribution in [0.3, 0.4) is 0 Å². The Bertz CT molecular complexity index is 396. The molecule has 1 aromatic rings. The number of phenols is 1. The van der Waals surface area contributed by atoms with Gasteiger partial charge in [0.25, 0.3) is 0 Å². The predicted molar refractivity (Wildman–Crippen MR) is 69.1 cm³/mol. The molecule has 0 aliphatic carbocycles. The number of methoxy groups -OCH3 is 1. The molecule has 0 saturated heterocycles. The molecule has 1 rings (SSSR count). The Morgan fingerprint density at radius 3 is 2.88 bits per heavy atom. The van der Waals surface area contributed by atoms with Crippen LogP contribution in [-0.4, -0.2) is 18.8 Å². The molecule has 16 heavy (non-hydrogen) atoms. The topological polar surface area (TPSA) is 41.5 Å². The van der Waals surface area contributed by atoms with Gasteiger partial charge in [-0.1, -0.05) is 34.1 Å². The molecule has 0 unspecified atom stereocenters. The monoisotopic (exact) mass is 305 g/mol. The van der Waals surface area contributed by atoms with Crippen molar-refractivity contribution in [2.75, 3.05) is 13.7 Å². The number of aromatic hydroxyl groups is 1. The van der Waals surface area contributed by atoms with Gasteiger partial charge in [0.15, 0.2) is 11.5 Å². The van der Waals surface area contributed by atoms with E-state index in [1.165, 1.54) is 7.11 Å². The first kappa shape index (κ1) is 13.4. The van der Waals surface area contributed by atoms with Crippen LogP contribution in [0, 0.1) is 0 Å². The molecule has 0 spiro atoms. The Hall–Kier alpha value is -0.710. The lowest BCUT2D eigenvalue weighted by Crippen LogP contribution is -2.14. The van der Waals surface area contributed by atoms with Gasteiger partial charge in [-0.3, -0.25) is 0 Å². The molecule has 0 heterocycles. The van der Waals surface area contributed by atoms with E-state index in [9.17, 15) is 5.11 Å². The molecule has 88 valence electrons. The van der Waals surface area contributed by atoms with E-state index < -0.39 is 0 Å². The third kappa shape index (κ3) is 3.70. The molecule has 0 atom stereocenters. The minimum Gasteiger partial charge on any atom is -0.504 e. The maximum absolute atomic E-state index is 9.84. The van der Waals surface area contributed by atoms with Crippen molar-refractivity contribution in [1.82, 2.24) is 5.32 Å². The molecule has 0 aliphatic rings. The van der Waals surface area contributed by atoms with Gasteiger partial charge in [0.2, 0.25) is 0 Å². The molecular weight excluding hydrogens is 293 g/mol. The lowest BCUT2D eigenvalue weighted by molar-refractivity contribution is 0.369. The number of hydrogen-bond acceptors (Lipinski definition) is 3. The number of phenolic OH excluding ortho intramolecular Hbond substituents is 1. The molecule has 0 amide bonds. The molecule has 0 radical (unpaired) electrons. The van der Waals surface area contributed by atoms with E-state index in [-0.39, 0.29) is 5.75 Å². The van der Waals surface area contributed by atoms with E-state index in [1.54, 1.807) is 6.07 Å². The molecule has 5 heteroatoms. The average Bonchev–Trinajstić information content (AvgIpc) is 2.22. The fourth-order valence-corrected chi connectivity index (χ4v) is 1.83. The summed E-state index contributed by atoms with van der Waals surface area (Å²) >= 11 is 8.97. The van der Waals surface area contributed by atoms with Crippen molar-refractivity contribution in [2.24, 2.45) is 0 Å². The van der Waals surface area contributed by atoms with Crippen LogP contribution in [0.15, 0.2) is 28.2 Å². The van der Waals surface area contributed by atoms with Gasteiger partial charge in [0.05, 0.1) is 7.11 Å². The smallest absolute Gasteiger partial charge is 0.162 e. The van der Waals surface area contributed by atoms with Crippen molar-refractivity contribution in [3.05, 3.63) is 33.8 Å². The molecule has 0 aromatic heterocycles. The van der Waals surface area contributed by atoms with Gasteiger partial charge in [-0.2, -0.15) is 0 Å². The van der Waals surface area contributed by atoms with Crippen molar-refractivity contribution >= 4 is 27.5 Å². The summed E-state index contributed by atoms with van der Waals surface area (Å²) < 4.78 is 5.89. The molecule has 0 fully saturated rings. The Balaban J connectivity index is 2.78. The van der Waals surface area contributed by atoms with Gasteiger partial charge in [-0.05, 0) is 12.1 Å². The molecule has 0 saturated carbocycles. The summed E-state index contributed by atoms with van der Waals surface area (Å²) in [5.74, 6) is 0.578. The Morgan fingerprint density at radius 2 is 2.31 bits per heavy atom. The minimum atomic E-state index is 0.137. The largest absolute Gasteiger partial charge is 0.504 e. The Morgan fingerprint density at radius 1 is 1.62 bits per heavy atom. The van der Waals surface area contributed by atoms with Crippen LogP contribution >= 0.6 is 27.5 Å². The summed E-state index contributed by atoms with van der Waals surface area (Å²) in [7, 11) is 1.51. The summed E-state index contributed by atoms with van der Waals surface area (Å²) in [6.45, 7) is 4.56. The number of halogens is 2. The van der Waals surface area contributed by atoms with Gasteiger partial charge in [0.1, 0.15) is 0 Å². The van der Waals surface area contributed by atoms with E-state index in [0.717, 1.165) is 10.0 Å². The molecule has 0 aliphatic heterocycles. The summed E-state index contributed by atoms with van der Waals surface area (Å²) in [6.07, 6.45) is 0. The van der Waals surface area contributed by atoms with Crippen LogP contribution in [0.1, 0.15) is 5.56 Å². The molecule has 2 N–H and O–H groups in total. The number of nitrogens with one attached hydrogen (secondary N) is 1. The van der Waals surface area contributed by atoms with E-state index in [1.807, 2.05) is 6.07 Å². The number of rotatable bonds is 5. The van der Waals surface area contributed by atoms with Crippen LogP contribution in [-0.2, 0) is 6.54 Å². The predicted octanol–water partition coefficient (Wildman–Crippen LogP) is 3.01. The SMILES string of the molecule is C=C(Cl)CNCc1cc(Br)cc(OC)c1O. The normalized spacial score (nSPS) is 10.2. The first-order chi connectivity index (χ1) is 7.54. The maximum Gasteiger partial charge on any atom is 0.162 e. The van der Waals surface area contributed by atoms with Crippen molar-refractivity contribution in [2.45, 2.75) is 6.54 Å². The highest BCUT2D eigenvalue weighted by molar-refractivity contribution is 9.10. The fraction of sp³-hybridized carbons (Fsp3) is 0.273. The standard InChI is InChI=1S/C11H13BrClNO2/c1-7(13)5-14-6-8-3-9(12)4-10(16-2)11(8)15/h3-4,14-15H,1,5-6H2,2H3. The molecule has 0 bridgehead atoms. The summed E-state index contributed by atoms with van der Waals surface area (Å²) in [5, 5.41) is 13.4. The summed E-state index contributed by atoms with van der Waals surface area (Å²) in [4.78, 5) is 0. The van der Waals surface area contributed by atoms with Crippen LogP contribution in [0.4, 0.5) is 0 Å². The van der Waals surface area contributed by atoms with Crippen molar-refractivity contribution in [1.29, 1.82) is 0 Å². The van der Waals surface area contributed by atoms with Crippen LogP contribution < -0.4 is 10.1 Å². The third-order valence-electron chi connectivity index (χ3n) is 1.97. The summed E-state index contributed by atoms with van der Waals surface area (Å²) in [6, 6.07) is 3.53. The van der Waals surface area contributed by atoms with Gasteiger partial charge in [-0.25, -0.2) is 0 Å².